The van der Waals surface area contributed by atoms with E-state index >= 15 is 0 Å². The molecule has 0 bridgehead atoms. The van der Waals surface area contributed by atoms with Gasteiger partial charge in [-0.1, -0.05) is 0 Å². The Morgan fingerprint density at radius 3 is 2.79 bits per heavy atom. The van der Waals surface area contributed by atoms with Crippen LogP contribution in [0.15, 0.2) is 29.2 Å². The molecule has 1 aromatic heterocycles. The molecular weight excluding hydrogens is 397 g/mol. The van der Waals surface area contributed by atoms with Gasteiger partial charge in [-0.25, -0.2) is 22.8 Å². The van der Waals surface area contributed by atoms with E-state index in [-0.39, 0.29) is 23.1 Å². The van der Waals surface area contributed by atoms with E-state index < -0.39 is 15.8 Å². The van der Waals surface area contributed by atoms with Crippen molar-refractivity contribution >= 4 is 15.8 Å². The summed E-state index contributed by atoms with van der Waals surface area (Å²) in [6.45, 7) is 1.77. The fraction of sp³-hybridized carbons (Fsp3) is 0.474. The fourth-order valence-electron chi connectivity index (χ4n) is 3.33. The molecule has 0 spiro atoms. The Morgan fingerprint density at radius 1 is 1.34 bits per heavy atom. The SMILES string of the molecule is CNc1cc(C2CCCNC2)nc(CN(C)S(=O)(=O)c2cc(F)ccc2OC)n1. The van der Waals surface area contributed by atoms with Gasteiger partial charge in [0.25, 0.3) is 0 Å². The van der Waals surface area contributed by atoms with Gasteiger partial charge < -0.3 is 15.4 Å². The topological polar surface area (TPSA) is 96.5 Å². The zero-order valence-electron chi connectivity index (χ0n) is 16.8. The lowest BCUT2D eigenvalue weighted by Gasteiger charge is -2.23. The fourth-order valence-corrected chi connectivity index (χ4v) is 4.62. The lowest BCUT2D eigenvalue weighted by Crippen LogP contribution is -2.30. The molecule has 1 fully saturated rings. The quantitative estimate of drug-likeness (QED) is 0.703. The average Bonchev–Trinajstić information content (AvgIpc) is 2.74. The first-order valence-electron chi connectivity index (χ1n) is 9.41. The first kappa shape index (κ1) is 21.4. The number of aromatic nitrogens is 2. The number of piperidine rings is 1. The van der Waals surface area contributed by atoms with Gasteiger partial charge in [-0.15, -0.1) is 0 Å². The molecule has 0 aliphatic carbocycles. The monoisotopic (exact) mass is 423 g/mol. The minimum Gasteiger partial charge on any atom is -0.495 e. The predicted octanol–water partition coefficient (Wildman–Crippen LogP) is 1.95. The van der Waals surface area contributed by atoms with Gasteiger partial charge in [-0.05, 0) is 37.6 Å². The zero-order chi connectivity index (χ0) is 21.0. The molecule has 1 aromatic carbocycles. The number of hydrogen-bond acceptors (Lipinski definition) is 7. The van der Waals surface area contributed by atoms with Crippen LogP contribution in [0.1, 0.15) is 30.3 Å². The third kappa shape index (κ3) is 4.82. The Kier molecular flexibility index (Phi) is 6.66. The summed E-state index contributed by atoms with van der Waals surface area (Å²) in [5.41, 5.74) is 0.876. The van der Waals surface area contributed by atoms with Gasteiger partial charge in [0, 0.05) is 32.6 Å². The van der Waals surface area contributed by atoms with Gasteiger partial charge in [0.15, 0.2) is 0 Å². The molecule has 2 heterocycles. The highest BCUT2D eigenvalue weighted by Crippen LogP contribution is 2.28. The molecule has 8 nitrogen and oxygen atoms in total. The number of halogens is 1. The van der Waals surface area contributed by atoms with Crippen LogP contribution < -0.4 is 15.4 Å². The van der Waals surface area contributed by atoms with Crippen molar-refractivity contribution in [2.45, 2.75) is 30.2 Å². The molecule has 1 aliphatic heterocycles. The minimum absolute atomic E-state index is 0.0509. The molecule has 0 radical (unpaired) electrons. The first-order chi connectivity index (χ1) is 13.8. The minimum atomic E-state index is -4.00. The van der Waals surface area contributed by atoms with Crippen LogP contribution in [-0.4, -0.2) is 57.0 Å². The Morgan fingerprint density at radius 2 is 2.14 bits per heavy atom. The van der Waals surface area contributed by atoms with E-state index in [2.05, 4.69) is 20.6 Å². The average molecular weight is 424 g/mol. The molecule has 2 N–H and O–H groups in total. The van der Waals surface area contributed by atoms with Crippen LogP contribution in [-0.2, 0) is 16.6 Å². The largest absolute Gasteiger partial charge is 0.495 e. The standard InChI is InChI=1S/C19H26FN5O3S/c1-21-18-10-15(13-5-4-8-22-11-13)23-19(24-18)12-25(2)29(26,27)17-9-14(20)6-7-16(17)28-3/h6-7,9-10,13,22H,4-5,8,11-12H2,1-3H3,(H,21,23,24). The molecule has 0 saturated carbocycles. The number of benzene rings is 1. The molecule has 1 unspecified atom stereocenters. The normalized spacial score (nSPS) is 17.3. The Bertz CT molecular complexity index is 964. The maximum Gasteiger partial charge on any atom is 0.247 e. The third-order valence-corrected chi connectivity index (χ3v) is 6.77. The van der Waals surface area contributed by atoms with Crippen molar-refractivity contribution in [2.24, 2.45) is 0 Å². The summed E-state index contributed by atoms with van der Waals surface area (Å²) in [5, 5.41) is 6.37. The van der Waals surface area contributed by atoms with Crippen molar-refractivity contribution in [3.8, 4) is 5.75 Å². The van der Waals surface area contributed by atoms with Crippen molar-refractivity contribution in [2.75, 3.05) is 39.6 Å². The summed E-state index contributed by atoms with van der Waals surface area (Å²) in [4.78, 5) is 8.78. The number of hydrogen-bond donors (Lipinski definition) is 2. The van der Waals surface area contributed by atoms with Crippen LogP contribution in [0.2, 0.25) is 0 Å². The number of anilines is 1. The second kappa shape index (κ2) is 9.02. The van der Waals surface area contributed by atoms with Gasteiger partial charge in [-0.2, -0.15) is 4.31 Å². The maximum absolute atomic E-state index is 13.7. The van der Waals surface area contributed by atoms with Crippen molar-refractivity contribution in [1.29, 1.82) is 0 Å². The molecule has 10 heteroatoms. The summed E-state index contributed by atoms with van der Waals surface area (Å²) in [6, 6.07) is 5.30. The Balaban J connectivity index is 1.89. The van der Waals surface area contributed by atoms with Crippen LogP contribution in [0.3, 0.4) is 0 Å². The summed E-state index contributed by atoms with van der Waals surface area (Å²) >= 11 is 0. The van der Waals surface area contributed by atoms with Crippen LogP contribution in [0.5, 0.6) is 5.75 Å². The van der Waals surface area contributed by atoms with Crippen LogP contribution in [0, 0.1) is 5.82 Å². The lowest BCUT2D eigenvalue weighted by atomic mass is 9.96. The van der Waals surface area contributed by atoms with Gasteiger partial charge in [-0.3, -0.25) is 0 Å². The molecule has 158 valence electrons. The zero-order valence-corrected chi connectivity index (χ0v) is 17.6. The number of nitrogens with one attached hydrogen (secondary N) is 2. The highest BCUT2D eigenvalue weighted by molar-refractivity contribution is 7.89. The van der Waals surface area contributed by atoms with Crippen molar-refractivity contribution in [3.05, 3.63) is 41.6 Å². The van der Waals surface area contributed by atoms with Gasteiger partial charge in [0.1, 0.15) is 28.1 Å². The smallest absolute Gasteiger partial charge is 0.247 e. The second-order valence-electron chi connectivity index (χ2n) is 6.94. The Labute approximate surface area is 170 Å². The summed E-state index contributed by atoms with van der Waals surface area (Å²) in [5.74, 6) is 0.682. The number of ether oxygens (including phenoxy) is 1. The van der Waals surface area contributed by atoms with E-state index in [9.17, 15) is 12.8 Å². The van der Waals surface area contributed by atoms with E-state index in [1.54, 1.807) is 7.05 Å². The van der Waals surface area contributed by atoms with Crippen LogP contribution in [0.25, 0.3) is 0 Å². The number of methoxy groups -OCH3 is 1. The number of sulfonamides is 1. The lowest BCUT2D eigenvalue weighted by molar-refractivity contribution is 0.394. The van der Waals surface area contributed by atoms with E-state index in [0.29, 0.717) is 11.6 Å². The van der Waals surface area contributed by atoms with Gasteiger partial charge >= 0.3 is 0 Å². The van der Waals surface area contributed by atoms with E-state index in [0.717, 1.165) is 48.1 Å². The second-order valence-corrected chi connectivity index (χ2v) is 8.96. The molecule has 3 rings (SSSR count). The van der Waals surface area contributed by atoms with E-state index in [4.69, 9.17) is 4.74 Å². The van der Waals surface area contributed by atoms with Crippen molar-refractivity contribution in [1.82, 2.24) is 19.6 Å². The molecule has 29 heavy (non-hydrogen) atoms. The highest BCUT2D eigenvalue weighted by atomic mass is 32.2. The third-order valence-electron chi connectivity index (χ3n) is 4.94. The summed E-state index contributed by atoms with van der Waals surface area (Å²) < 4.78 is 45.9. The maximum atomic E-state index is 13.7. The van der Waals surface area contributed by atoms with Crippen molar-refractivity contribution in [3.63, 3.8) is 0 Å². The van der Waals surface area contributed by atoms with Gasteiger partial charge in [0.2, 0.25) is 10.0 Å². The summed E-state index contributed by atoms with van der Waals surface area (Å²) in [6.07, 6.45) is 2.08. The van der Waals surface area contributed by atoms with E-state index in [1.165, 1.54) is 20.2 Å². The number of nitrogens with zero attached hydrogens (tertiary/aromatic N) is 3. The number of rotatable bonds is 7. The van der Waals surface area contributed by atoms with Crippen LogP contribution in [0.4, 0.5) is 10.2 Å². The van der Waals surface area contributed by atoms with E-state index in [1.807, 2.05) is 6.07 Å². The molecule has 1 aliphatic rings. The van der Waals surface area contributed by atoms with Crippen molar-refractivity contribution < 1.29 is 17.5 Å². The van der Waals surface area contributed by atoms with Crippen LogP contribution >= 0.6 is 0 Å². The predicted molar refractivity (Wildman–Crippen MR) is 108 cm³/mol. The highest BCUT2D eigenvalue weighted by Gasteiger charge is 2.27. The molecule has 2 aromatic rings. The molecule has 0 amide bonds. The molecular formula is C19H26FN5O3S. The molecule has 1 saturated heterocycles. The Hall–Kier alpha value is -2.30. The van der Waals surface area contributed by atoms with Gasteiger partial charge in [0.05, 0.1) is 19.3 Å². The molecule has 1 atom stereocenters. The summed E-state index contributed by atoms with van der Waals surface area (Å²) in [7, 11) is 0.510. The first-order valence-corrected chi connectivity index (χ1v) is 10.9.